The number of rotatable bonds is 10. The number of aliphatic hydroxyl groups is 3. The fraction of sp³-hybridized carbons (Fsp3) is 0.655. The lowest BCUT2D eigenvalue weighted by Gasteiger charge is -2.42. The molecule has 0 aromatic heterocycles. The third-order valence-electron chi connectivity index (χ3n) is 7.94. The highest BCUT2D eigenvalue weighted by Crippen LogP contribution is 2.51. The fourth-order valence-electron chi connectivity index (χ4n) is 6.12. The summed E-state index contributed by atoms with van der Waals surface area (Å²) in [5.41, 5.74) is 1.62. The van der Waals surface area contributed by atoms with Gasteiger partial charge in [-0.05, 0) is 48.4 Å². The van der Waals surface area contributed by atoms with Gasteiger partial charge in [0.2, 0.25) is 11.8 Å². The van der Waals surface area contributed by atoms with Crippen molar-refractivity contribution < 1.29 is 34.4 Å². The van der Waals surface area contributed by atoms with Gasteiger partial charge in [0, 0.05) is 30.6 Å². The van der Waals surface area contributed by atoms with Gasteiger partial charge in [0.15, 0.2) is 11.5 Å². The van der Waals surface area contributed by atoms with Crippen LogP contribution in [0.3, 0.4) is 0 Å². The molecule has 2 aliphatic carbocycles. The number of fused-ring (bicyclic) bond motifs is 3. The second-order valence-corrected chi connectivity index (χ2v) is 11.2. The van der Waals surface area contributed by atoms with Crippen LogP contribution in [0.1, 0.15) is 69.4 Å². The lowest BCUT2D eigenvalue weighted by molar-refractivity contribution is -0.139. The second-order valence-electron chi connectivity index (χ2n) is 11.2. The smallest absolute Gasteiger partial charge is 0.247 e. The van der Waals surface area contributed by atoms with Gasteiger partial charge in [-0.15, -0.1) is 0 Å². The summed E-state index contributed by atoms with van der Waals surface area (Å²) in [5, 5.41) is 33.6. The van der Waals surface area contributed by atoms with E-state index in [0.29, 0.717) is 47.1 Å². The van der Waals surface area contributed by atoms with Crippen LogP contribution in [-0.4, -0.2) is 77.1 Å². The van der Waals surface area contributed by atoms with Crippen LogP contribution in [0.5, 0.6) is 11.5 Å². The van der Waals surface area contributed by atoms with Crippen LogP contribution in [-0.2, 0) is 16.2 Å². The first kappa shape index (κ1) is 28.4. The molecule has 9 nitrogen and oxygen atoms in total. The number of carbonyl (C=O) groups is 2. The van der Waals surface area contributed by atoms with Gasteiger partial charge in [0.1, 0.15) is 12.2 Å². The number of hydrogen-bond donors (Lipinski definition) is 4. The van der Waals surface area contributed by atoms with Crippen LogP contribution >= 0.6 is 0 Å². The molecule has 1 aliphatic heterocycles. The zero-order valence-electron chi connectivity index (χ0n) is 22.7. The molecular formula is C29H42N2O7. The van der Waals surface area contributed by atoms with Crippen molar-refractivity contribution in [1.82, 2.24) is 10.2 Å². The van der Waals surface area contributed by atoms with E-state index in [1.165, 1.54) is 13.5 Å². The van der Waals surface area contributed by atoms with E-state index in [1.807, 2.05) is 13.8 Å². The van der Waals surface area contributed by atoms with Gasteiger partial charge in [-0.25, -0.2) is 0 Å². The molecule has 0 spiro atoms. The first-order chi connectivity index (χ1) is 18.3. The Bertz CT molecular complexity index is 1030. The zero-order valence-corrected chi connectivity index (χ0v) is 22.7. The van der Waals surface area contributed by atoms with Crippen molar-refractivity contribution >= 4 is 11.8 Å². The van der Waals surface area contributed by atoms with E-state index >= 15 is 0 Å². The van der Waals surface area contributed by atoms with Gasteiger partial charge >= 0.3 is 0 Å². The summed E-state index contributed by atoms with van der Waals surface area (Å²) in [6.07, 6.45) is 5.70. The summed E-state index contributed by atoms with van der Waals surface area (Å²) < 4.78 is 11.8. The van der Waals surface area contributed by atoms with Gasteiger partial charge in [0.05, 0.1) is 32.3 Å². The predicted molar refractivity (Wildman–Crippen MR) is 142 cm³/mol. The first-order valence-electron chi connectivity index (χ1n) is 13.9. The minimum atomic E-state index is -1.08. The van der Waals surface area contributed by atoms with Crippen molar-refractivity contribution in [1.29, 1.82) is 0 Å². The molecule has 3 aliphatic rings. The van der Waals surface area contributed by atoms with E-state index in [1.54, 1.807) is 23.1 Å². The molecule has 1 heterocycles. The fourth-order valence-corrected chi connectivity index (χ4v) is 6.12. The molecule has 1 fully saturated rings. The Morgan fingerprint density at radius 2 is 1.92 bits per heavy atom. The lowest BCUT2D eigenvalue weighted by atomic mass is 9.76. The van der Waals surface area contributed by atoms with Gasteiger partial charge in [-0.3, -0.25) is 9.59 Å². The Labute approximate surface area is 224 Å². The number of hydrogen-bond acceptors (Lipinski definition) is 7. The number of methoxy groups -OCH3 is 1. The van der Waals surface area contributed by atoms with Crippen LogP contribution < -0.4 is 14.8 Å². The molecule has 0 saturated heterocycles. The average Bonchev–Trinajstić information content (AvgIpc) is 3.30. The molecule has 2 amide bonds. The lowest BCUT2D eigenvalue weighted by Crippen LogP contribution is -2.56. The van der Waals surface area contributed by atoms with E-state index in [4.69, 9.17) is 9.47 Å². The molecule has 0 radical (unpaired) electrons. The summed E-state index contributed by atoms with van der Waals surface area (Å²) in [6, 6.07) is 2.71. The largest absolute Gasteiger partial charge is 0.493 e. The molecule has 0 unspecified atom stereocenters. The number of benzene rings is 1. The molecule has 4 rings (SSSR count). The summed E-state index contributed by atoms with van der Waals surface area (Å²) >= 11 is 0. The minimum Gasteiger partial charge on any atom is -0.493 e. The quantitative estimate of drug-likeness (QED) is 0.365. The number of nitrogens with zero attached hydrogens (tertiary/aromatic N) is 1. The summed E-state index contributed by atoms with van der Waals surface area (Å²) in [4.78, 5) is 28.8. The van der Waals surface area contributed by atoms with Crippen LogP contribution in [0.2, 0.25) is 0 Å². The number of carbonyl (C=O) groups excluding carboxylic acids is 2. The van der Waals surface area contributed by atoms with Crippen molar-refractivity contribution in [2.45, 2.75) is 83.1 Å². The Kier molecular flexibility index (Phi) is 9.33. The van der Waals surface area contributed by atoms with Crippen molar-refractivity contribution in [2.75, 3.05) is 26.8 Å². The molecule has 4 atom stereocenters. The van der Waals surface area contributed by atoms with Crippen molar-refractivity contribution in [2.24, 2.45) is 11.8 Å². The van der Waals surface area contributed by atoms with Crippen LogP contribution in [0, 0.1) is 11.8 Å². The van der Waals surface area contributed by atoms with Crippen LogP contribution in [0.4, 0.5) is 0 Å². The number of ether oxygens (including phenoxy) is 2. The third-order valence-corrected chi connectivity index (χ3v) is 7.94. The summed E-state index contributed by atoms with van der Waals surface area (Å²) in [5.74, 6) is 0.280. The maximum Gasteiger partial charge on any atom is 0.247 e. The Balaban J connectivity index is 1.77. The molecular weight excluding hydrogens is 488 g/mol. The maximum absolute atomic E-state index is 13.6. The topological polar surface area (TPSA) is 129 Å². The summed E-state index contributed by atoms with van der Waals surface area (Å²) in [6.45, 7) is 4.16. The van der Waals surface area contributed by atoms with Gasteiger partial charge < -0.3 is 35.0 Å². The van der Waals surface area contributed by atoms with Crippen LogP contribution in [0.15, 0.2) is 23.8 Å². The van der Waals surface area contributed by atoms with Crippen molar-refractivity contribution in [3.63, 3.8) is 0 Å². The van der Waals surface area contributed by atoms with Gasteiger partial charge in [0.25, 0.3) is 0 Å². The number of amides is 2. The number of aliphatic hydroxyl groups excluding tert-OH is 3. The molecule has 0 bridgehead atoms. The van der Waals surface area contributed by atoms with Crippen LogP contribution in [0.25, 0.3) is 0 Å². The van der Waals surface area contributed by atoms with E-state index in [-0.39, 0.29) is 37.5 Å². The third kappa shape index (κ3) is 5.84. The summed E-state index contributed by atoms with van der Waals surface area (Å²) in [7, 11) is 1.50. The molecule has 1 aromatic carbocycles. The van der Waals surface area contributed by atoms with E-state index < -0.39 is 24.2 Å². The highest BCUT2D eigenvalue weighted by Gasteiger charge is 2.51. The second kappa shape index (κ2) is 12.5. The molecule has 210 valence electrons. The average molecular weight is 531 g/mol. The van der Waals surface area contributed by atoms with E-state index in [9.17, 15) is 24.9 Å². The normalized spacial score (nSPS) is 24.8. The van der Waals surface area contributed by atoms with Crippen molar-refractivity contribution in [3.05, 3.63) is 34.9 Å². The van der Waals surface area contributed by atoms with E-state index in [2.05, 4.69) is 5.32 Å². The highest BCUT2D eigenvalue weighted by molar-refractivity contribution is 5.96. The Morgan fingerprint density at radius 1 is 1.18 bits per heavy atom. The molecule has 1 aromatic rings. The standard InChI is InChI=1S/C29H42N2O7/c1-17(2)11-24(34)31(15-18-7-5-4-6-8-18)22-14-21(29(36)30-9-10-32)25-20-12-19(16-33)13-23(37-3)27(20)38-28(25)26(22)35/h12-14,17-18,22,25-26,28,32-33,35H,4-11,15-16H2,1-3H3,(H,30,36)/t22-,25+,26+,28+/m1/s1. The number of nitrogens with one attached hydrogen (secondary N) is 1. The Hall–Kier alpha value is -2.62. The predicted octanol–water partition coefficient (Wildman–Crippen LogP) is 2.27. The first-order valence-corrected chi connectivity index (χ1v) is 13.9. The molecule has 4 N–H and O–H groups in total. The SMILES string of the molecule is COc1cc(CO)cc2c1O[C@@H]1[C@@H](O)[C@H](N(CC3CCCCC3)C(=O)CC(C)C)C=C(C(=O)NCCO)[C@H]21. The zero-order chi connectivity index (χ0) is 27.4. The highest BCUT2D eigenvalue weighted by atomic mass is 16.5. The minimum absolute atomic E-state index is 0.0462. The molecule has 38 heavy (non-hydrogen) atoms. The van der Waals surface area contributed by atoms with Gasteiger partial charge in [-0.1, -0.05) is 33.1 Å². The van der Waals surface area contributed by atoms with E-state index in [0.717, 1.165) is 25.7 Å². The Morgan fingerprint density at radius 3 is 2.55 bits per heavy atom. The molecule has 9 heteroatoms. The van der Waals surface area contributed by atoms with Crippen molar-refractivity contribution in [3.8, 4) is 11.5 Å². The molecule has 1 saturated carbocycles. The monoisotopic (exact) mass is 530 g/mol. The van der Waals surface area contributed by atoms with Gasteiger partial charge in [-0.2, -0.15) is 0 Å². The maximum atomic E-state index is 13.6.